The molecular weight excluding hydrogens is 392 g/mol. The second-order valence-electron chi connectivity index (χ2n) is 6.55. The number of carbonyl (C=O) groups is 2. The van der Waals surface area contributed by atoms with E-state index in [2.05, 4.69) is 29.4 Å². The number of nitrogens with zero attached hydrogens (tertiary/aromatic N) is 3. The van der Waals surface area contributed by atoms with Crippen LogP contribution < -0.4 is 10.1 Å². The van der Waals surface area contributed by atoms with Gasteiger partial charge in [0.1, 0.15) is 5.75 Å². The Morgan fingerprint density at radius 3 is 2.55 bits per heavy atom. The Kier molecular flexibility index (Phi) is 8.98. The van der Waals surface area contributed by atoms with Gasteiger partial charge in [-0.2, -0.15) is 0 Å². The molecule has 9 heteroatoms. The van der Waals surface area contributed by atoms with Crippen LogP contribution in [0.1, 0.15) is 39.7 Å². The third-order valence-corrected chi connectivity index (χ3v) is 4.99. The molecule has 0 radical (unpaired) electrons. The highest BCUT2D eigenvalue weighted by Crippen LogP contribution is 2.28. The van der Waals surface area contributed by atoms with Crippen molar-refractivity contribution in [2.45, 2.75) is 44.8 Å². The van der Waals surface area contributed by atoms with Crippen molar-refractivity contribution in [3.8, 4) is 17.1 Å². The number of amides is 1. The molecule has 2 rings (SSSR count). The number of hydrogen-bond donors (Lipinski definition) is 1. The van der Waals surface area contributed by atoms with E-state index in [1.54, 1.807) is 14.0 Å². The van der Waals surface area contributed by atoms with Crippen LogP contribution in [-0.2, 0) is 14.3 Å². The zero-order chi connectivity index (χ0) is 21.2. The molecule has 0 aliphatic rings. The number of hydrogen-bond acceptors (Lipinski definition) is 7. The van der Waals surface area contributed by atoms with Gasteiger partial charge in [-0.3, -0.25) is 14.2 Å². The average Bonchev–Trinajstić information content (AvgIpc) is 3.14. The first-order chi connectivity index (χ1) is 14.0. The Labute approximate surface area is 175 Å². The van der Waals surface area contributed by atoms with E-state index in [0.29, 0.717) is 31.1 Å². The van der Waals surface area contributed by atoms with Crippen molar-refractivity contribution < 1.29 is 19.1 Å². The lowest BCUT2D eigenvalue weighted by Crippen LogP contribution is -2.26. The number of benzene rings is 1. The number of ether oxygens (including phenoxy) is 2. The number of thioether (sulfide) groups is 1. The van der Waals surface area contributed by atoms with E-state index in [9.17, 15) is 9.59 Å². The van der Waals surface area contributed by atoms with E-state index in [4.69, 9.17) is 9.47 Å². The van der Waals surface area contributed by atoms with E-state index in [1.165, 1.54) is 11.8 Å². The van der Waals surface area contributed by atoms with Crippen LogP contribution in [0.2, 0.25) is 0 Å². The molecule has 0 saturated heterocycles. The highest BCUT2D eigenvalue weighted by molar-refractivity contribution is 7.99. The van der Waals surface area contributed by atoms with Crippen LogP contribution in [0.4, 0.5) is 0 Å². The Bertz CT molecular complexity index is 805. The smallest absolute Gasteiger partial charge is 0.305 e. The average molecular weight is 421 g/mol. The second kappa shape index (κ2) is 11.5. The van der Waals surface area contributed by atoms with Crippen LogP contribution >= 0.6 is 11.8 Å². The van der Waals surface area contributed by atoms with Crippen molar-refractivity contribution in [3.63, 3.8) is 0 Å². The summed E-state index contributed by atoms with van der Waals surface area (Å²) in [6, 6.07) is 7.77. The minimum Gasteiger partial charge on any atom is -0.497 e. The molecule has 158 valence electrons. The predicted molar refractivity (Wildman–Crippen MR) is 112 cm³/mol. The Morgan fingerprint density at radius 1 is 1.21 bits per heavy atom. The molecule has 1 N–H and O–H groups in total. The van der Waals surface area contributed by atoms with Crippen molar-refractivity contribution in [1.82, 2.24) is 20.1 Å². The van der Waals surface area contributed by atoms with Gasteiger partial charge in [-0.15, -0.1) is 10.2 Å². The van der Waals surface area contributed by atoms with E-state index >= 15 is 0 Å². The number of rotatable bonds is 11. The van der Waals surface area contributed by atoms with Gasteiger partial charge < -0.3 is 14.8 Å². The predicted octanol–water partition coefficient (Wildman–Crippen LogP) is 3.09. The third-order valence-electron chi connectivity index (χ3n) is 4.05. The lowest BCUT2D eigenvalue weighted by molar-refractivity contribution is -0.143. The SMILES string of the molecule is CCOC(=O)CCCNC(=O)CSc1nnc(-c2ccc(OC)cc2)n1C(C)C. The molecule has 0 unspecified atom stereocenters. The third kappa shape index (κ3) is 6.77. The van der Waals surface area contributed by atoms with E-state index < -0.39 is 0 Å². The topological polar surface area (TPSA) is 95.3 Å². The van der Waals surface area contributed by atoms with Crippen LogP contribution in [0.15, 0.2) is 29.4 Å². The molecule has 0 bridgehead atoms. The molecule has 0 aliphatic heterocycles. The molecule has 8 nitrogen and oxygen atoms in total. The minimum absolute atomic E-state index is 0.108. The summed E-state index contributed by atoms with van der Waals surface area (Å²) in [5.41, 5.74) is 0.933. The van der Waals surface area contributed by atoms with Crippen molar-refractivity contribution >= 4 is 23.6 Å². The Balaban J connectivity index is 1.92. The standard InChI is InChI=1S/C20H28N4O4S/c1-5-28-18(26)7-6-12-21-17(25)13-29-20-23-22-19(24(20)14(2)3)15-8-10-16(27-4)11-9-15/h8-11,14H,5-7,12-13H2,1-4H3,(H,21,25). The van der Waals surface area contributed by atoms with Crippen molar-refractivity contribution in [2.24, 2.45) is 0 Å². The monoisotopic (exact) mass is 420 g/mol. The summed E-state index contributed by atoms with van der Waals surface area (Å²) >= 11 is 1.34. The fraction of sp³-hybridized carbons (Fsp3) is 0.500. The molecule has 2 aromatic rings. The van der Waals surface area contributed by atoms with Crippen molar-refractivity contribution in [2.75, 3.05) is 26.0 Å². The molecule has 1 heterocycles. The summed E-state index contributed by atoms with van der Waals surface area (Å²) in [6.07, 6.45) is 0.854. The maximum Gasteiger partial charge on any atom is 0.305 e. The van der Waals surface area contributed by atoms with Gasteiger partial charge in [0.25, 0.3) is 0 Å². The molecule has 1 aromatic carbocycles. The first-order valence-electron chi connectivity index (χ1n) is 9.60. The fourth-order valence-corrected chi connectivity index (χ4v) is 3.55. The van der Waals surface area contributed by atoms with Gasteiger partial charge in [0.05, 0.1) is 19.5 Å². The first kappa shape index (κ1) is 22.7. The van der Waals surface area contributed by atoms with Crippen molar-refractivity contribution in [1.29, 1.82) is 0 Å². The van der Waals surface area contributed by atoms with E-state index in [1.807, 2.05) is 28.8 Å². The molecule has 0 atom stereocenters. The largest absolute Gasteiger partial charge is 0.497 e. The van der Waals surface area contributed by atoms with E-state index in [0.717, 1.165) is 17.1 Å². The number of esters is 1. The van der Waals surface area contributed by atoms with Gasteiger partial charge in [-0.1, -0.05) is 11.8 Å². The maximum atomic E-state index is 12.1. The highest BCUT2D eigenvalue weighted by atomic mass is 32.2. The Morgan fingerprint density at radius 2 is 1.93 bits per heavy atom. The van der Waals surface area contributed by atoms with Crippen LogP contribution in [0.25, 0.3) is 11.4 Å². The summed E-state index contributed by atoms with van der Waals surface area (Å²) in [6.45, 7) is 6.68. The molecule has 0 spiro atoms. The molecule has 1 amide bonds. The van der Waals surface area contributed by atoms with Crippen LogP contribution in [0.5, 0.6) is 5.75 Å². The van der Waals surface area contributed by atoms with Gasteiger partial charge in [-0.05, 0) is 51.5 Å². The molecule has 29 heavy (non-hydrogen) atoms. The quantitative estimate of drug-likeness (QED) is 0.339. The van der Waals surface area contributed by atoms with E-state index in [-0.39, 0.29) is 23.7 Å². The fourth-order valence-electron chi connectivity index (χ4n) is 2.65. The maximum absolute atomic E-state index is 12.1. The van der Waals surface area contributed by atoms with Crippen LogP contribution in [0, 0.1) is 0 Å². The lowest BCUT2D eigenvalue weighted by Gasteiger charge is -2.14. The first-order valence-corrected chi connectivity index (χ1v) is 10.6. The van der Waals surface area contributed by atoms with Gasteiger partial charge in [0, 0.05) is 24.6 Å². The van der Waals surface area contributed by atoms with Gasteiger partial charge in [0.2, 0.25) is 5.91 Å². The summed E-state index contributed by atoms with van der Waals surface area (Å²) in [5, 5.41) is 12.1. The number of nitrogens with one attached hydrogen (secondary N) is 1. The van der Waals surface area contributed by atoms with Gasteiger partial charge >= 0.3 is 5.97 Å². The van der Waals surface area contributed by atoms with Gasteiger partial charge in [-0.25, -0.2) is 0 Å². The zero-order valence-corrected chi connectivity index (χ0v) is 18.1. The lowest BCUT2D eigenvalue weighted by atomic mass is 10.2. The summed E-state index contributed by atoms with van der Waals surface area (Å²) in [7, 11) is 1.63. The van der Waals surface area contributed by atoms with Gasteiger partial charge in [0.15, 0.2) is 11.0 Å². The number of carbonyl (C=O) groups excluding carboxylic acids is 2. The Hall–Kier alpha value is -2.55. The molecular formula is C20H28N4O4S. The highest BCUT2D eigenvalue weighted by Gasteiger charge is 2.18. The second-order valence-corrected chi connectivity index (χ2v) is 7.49. The molecule has 0 saturated carbocycles. The number of aromatic nitrogens is 3. The zero-order valence-electron chi connectivity index (χ0n) is 17.3. The molecule has 0 fully saturated rings. The van der Waals surface area contributed by atoms with Crippen LogP contribution in [-0.4, -0.2) is 52.7 Å². The number of methoxy groups -OCH3 is 1. The summed E-state index contributed by atoms with van der Waals surface area (Å²) in [5.74, 6) is 1.40. The normalized spacial score (nSPS) is 10.8. The van der Waals surface area contributed by atoms with Crippen molar-refractivity contribution in [3.05, 3.63) is 24.3 Å². The summed E-state index contributed by atoms with van der Waals surface area (Å²) < 4.78 is 12.1. The minimum atomic E-state index is -0.243. The molecule has 1 aromatic heterocycles. The van der Waals surface area contributed by atoms with Crippen LogP contribution in [0.3, 0.4) is 0 Å². The molecule has 0 aliphatic carbocycles. The summed E-state index contributed by atoms with van der Waals surface area (Å²) in [4.78, 5) is 23.4.